The van der Waals surface area contributed by atoms with Crippen LogP contribution < -0.4 is 9.47 Å². The van der Waals surface area contributed by atoms with E-state index in [1.54, 1.807) is 7.11 Å². The number of aliphatic carboxylic acids is 1. The maximum Gasteiger partial charge on any atom is 0.304 e. The fraction of sp³-hybridized carbons (Fsp3) is 0.480. The minimum atomic E-state index is -0.806. The first-order valence-electron chi connectivity index (χ1n) is 10.6. The van der Waals surface area contributed by atoms with Gasteiger partial charge in [-0.3, -0.25) is 4.79 Å². The number of hydrogen-bond donors (Lipinski definition) is 1. The fourth-order valence-corrected chi connectivity index (χ4v) is 4.83. The van der Waals surface area contributed by atoms with Crippen LogP contribution in [0, 0.1) is 5.41 Å². The molecule has 3 atom stereocenters. The summed E-state index contributed by atoms with van der Waals surface area (Å²) >= 11 is 0. The lowest BCUT2D eigenvalue weighted by molar-refractivity contribution is -0.137. The normalized spacial score (nSPS) is 20.9. The Morgan fingerprint density at radius 1 is 1.23 bits per heavy atom. The van der Waals surface area contributed by atoms with Crippen molar-refractivity contribution in [3.8, 4) is 11.5 Å². The highest BCUT2D eigenvalue weighted by Gasteiger charge is 2.33. The SMILES string of the molecule is CO[C@H](c1cccc2c1CC[C@H]2Oc1ccc2c(c1)OC[C@H]2CC(=O)O)C(C)(C)C. The number of carboxylic acids is 1. The monoisotopic (exact) mass is 410 g/mol. The summed E-state index contributed by atoms with van der Waals surface area (Å²) in [5.41, 5.74) is 4.77. The first-order valence-corrected chi connectivity index (χ1v) is 10.6. The molecule has 4 rings (SSSR count). The summed E-state index contributed by atoms with van der Waals surface area (Å²) in [6.45, 7) is 7.01. The van der Waals surface area contributed by atoms with Gasteiger partial charge in [0, 0.05) is 24.7 Å². The number of benzene rings is 2. The molecule has 1 aliphatic heterocycles. The molecule has 2 aromatic rings. The van der Waals surface area contributed by atoms with Crippen LogP contribution in [0.15, 0.2) is 36.4 Å². The summed E-state index contributed by atoms with van der Waals surface area (Å²) < 4.78 is 18.0. The smallest absolute Gasteiger partial charge is 0.304 e. The van der Waals surface area contributed by atoms with Crippen molar-refractivity contribution < 1.29 is 24.1 Å². The molecule has 0 amide bonds. The van der Waals surface area contributed by atoms with Gasteiger partial charge in [-0.25, -0.2) is 0 Å². The van der Waals surface area contributed by atoms with E-state index in [0.29, 0.717) is 6.61 Å². The zero-order valence-corrected chi connectivity index (χ0v) is 18.1. The standard InChI is InChI=1S/C25H30O5/c1-25(2,3)24(28-4)20-7-5-6-19-18(20)10-11-21(19)30-16-8-9-17-15(12-23(26)27)14-29-22(17)13-16/h5-9,13,15,21,24H,10-12,14H2,1-4H3,(H,26,27)/t15-,21-,24-/m1/s1. The molecule has 1 N–H and O–H groups in total. The van der Waals surface area contributed by atoms with E-state index in [1.807, 2.05) is 18.2 Å². The second-order valence-corrected chi connectivity index (χ2v) is 9.35. The number of rotatable bonds is 6. The molecule has 0 unspecified atom stereocenters. The lowest BCUT2D eigenvalue weighted by atomic mass is 9.82. The maximum atomic E-state index is 11.0. The predicted molar refractivity (Wildman–Crippen MR) is 114 cm³/mol. The first kappa shape index (κ1) is 20.7. The van der Waals surface area contributed by atoms with E-state index in [9.17, 15) is 4.79 Å². The minimum absolute atomic E-state index is 0.00658. The van der Waals surface area contributed by atoms with Crippen LogP contribution in [0.25, 0.3) is 0 Å². The third-order valence-electron chi connectivity index (χ3n) is 6.12. The summed E-state index contributed by atoms with van der Waals surface area (Å²) in [5, 5.41) is 9.08. The topological polar surface area (TPSA) is 65.0 Å². The third-order valence-corrected chi connectivity index (χ3v) is 6.12. The molecule has 2 aromatic carbocycles. The zero-order valence-electron chi connectivity index (χ0n) is 18.1. The Morgan fingerprint density at radius 3 is 2.73 bits per heavy atom. The summed E-state index contributed by atoms with van der Waals surface area (Å²) in [5.74, 6) is 0.592. The summed E-state index contributed by atoms with van der Waals surface area (Å²) in [7, 11) is 1.78. The lowest BCUT2D eigenvalue weighted by Crippen LogP contribution is -2.21. The predicted octanol–water partition coefficient (Wildman–Crippen LogP) is 5.44. The minimum Gasteiger partial charge on any atom is -0.492 e. The van der Waals surface area contributed by atoms with E-state index in [4.69, 9.17) is 19.3 Å². The van der Waals surface area contributed by atoms with Gasteiger partial charge in [0.05, 0.1) is 19.1 Å². The molecule has 1 aliphatic carbocycles. The van der Waals surface area contributed by atoms with Gasteiger partial charge in [0.15, 0.2) is 0 Å². The molecule has 5 nitrogen and oxygen atoms in total. The average molecular weight is 411 g/mol. The van der Waals surface area contributed by atoms with Crippen molar-refractivity contribution in [2.75, 3.05) is 13.7 Å². The fourth-order valence-electron chi connectivity index (χ4n) is 4.83. The Hall–Kier alpha value is -2.53. The first-order chi connectivity index (χ1) is 14.3. The molecule has 0 saturated carbocycles. The molecule has 0 fully saturated rings. The number of carbonyl (C=O) groups is 1. The van der Waals surface area contributed by atoms with Crippen LogP contribution >= 0.6 is 0 Å². The highest BCUT2D eigenvalue weighted by molar-refractivity contribution is 5.68. The van der Waals surface area contributed by atoms with Gasteiger partial charge in [0.2, 0.25) is 0 Å². The van der Waals surface area contributed by atoms with Gasteiger partial charge in [-0.15, -0.1) is 0 Å². The Bertz CT molecular complexity index is 943. The van der Waals surface area contributed by atoms with Crippen molar-refractivity contribution in [2.24, 2.45) is 5.41 Å². The van der Waals surface area contributed by atoms with Crippen LogP contribution in [-0.2, 0) is 16.0 Å². The molecule has 30 heavy (non-hydrogen) atoms. The molecule has 5 heteroatoms. The van der Waals surface area contributed by atoms with E-state index in [2.05, 4.69) is 39.0 Å². The van der Waals surface area contributed by atoms with Gasteiger partial charge in [0.25, 0.3) is 0 Å². The Kier molecular flexibility index (Phi) is 5.49. The molecule has 0 aromatic heterocycles. The summed E-state index contributed by atoms with van der Waals surface area (Å²) in [4.78, 5) is 11.0. The van der Waals surface area contributed by atoms with Crippen molar-refractivity contribution in [1.82, 2.24) is 0 Å². The van der Waals surface area contributed by atoms with Crippen molar-refractivity contribution in [3.05, 3.63) is 58.7 Å². The molecular formula is C25H30O5. The van der Waals surface area contributed by atoms with Crippen LogP contribution in [0.5, 0.6) is 11.5 Å². The van der Waals surface area contributed by atoms with Crippen molar-refractivity contribution in [2.45, 2.75) is 58.2 Å². The number of fused-ring (bicyclic) bond motifs is 2. The molecule has 0 saturated heterocycles. The second-order valence-electron chi connectivity index (χ2n) is 9.35. The largest absolute Gasteiger partial charge is 0.492 e. The van der Waals surface area contributed by atoms with Gasteiger partial charge < -0.3 is 19.3 Å². The van der Waals surface area contributed by atoms with Gasteiger partial charge in [0.1, 0.15) is 17.6 Å². The van der Waals surface area contributed by atoms with Crippen molar-refractivity contribution in [1.29, 1.82) is 0 Å². The number of methoxy groups -OCH3 is 1. The molecular weight excluding hydrogens is 380 g/mol. The lowest BCUT2D eigenvalue weighted by Gasteiger charge is -2.31. The second kappa shape index (κ2) is 7.95. The highest BCUT2D eigenvalue weighted by atomic mass is 16.5. The van der Waals surface area contributed by atoms with Gasteiger partial charge >= 0.3 is 5.97 Å². The number of carboxylic acid groups (broad SMARTS) is 1. The Balaban J connectivity index is 1.56. The van der Waals surface area contributed by atoms with Gasteiger partial charge in [-0.2, -0.15) is 0 Å². The van der Waals surface area contributed by atoms with Crippen LogP contribution in [0.3, 0.4) is 0 Å². The molecule has 0 radical (unpaired) electrons. The van der Waals surface area contributed by atoms with E-state index in [1.165, 1.54) is 16.7 Å². The molecule has 0 spiro atoms. The quantitative estimate of drug-likeness (QED) is 0.687. The molecule has 2 aliphatic rings. The van der Waals surface area contributed by atoms with Crippen LogP contribution in [0.2, 0.25) is 0 Å². The Labute approximate surface area is 178 Å². The van der Waals surface area contributed by atoms with Crippen LogP contribution in [0.4, 0.5) is 0 Å². The number of ether oxygens (including phenoxy) is 3. The zero-order chi connectivity index (χ0) is 21.5. The van der Waals surface area contributed by atoms with Gasteiger partial charge in [-0.1, -0.05) is 45.0 Å². The van der Waals surface area contributed by atoms with Crippen molar-refractivity contribution >= 4 is 5.97 Å². The summed E-state index contributed by atoms with van der Waals surface area (Å²) in [6, 6.07) is 12.2. The van der Waals surface area contributed by atoms with E-state index in [0.717, 1.165) is 29.9 Å². The van der Waals surface area contributed by atoms with Gasteiger partial charge in [-0.05, 0) is 41.0 Å². The van der Waals surface area contributed by atoms with Crippen molar-refractivity contribution in [3.63, 3.8) is 0 Å². The number of hydrogen-bond acceptors (Lipinski definition) is 4. The molecule has 0 bridgehead atoms. The van der Waals surface area contributed by atoms with Crippen LogP contribution in [-0.4, -0.2) is 24.8 Å². The van der Waals surface area contributed by atoms with Crippen LogP contribution in [0.1, 0.15) is 74.0 Å². The van der Waals surface area contributed by atoms with E-state index in [-0.39, 0.29) is 30.0 Å². The summed E-state index contributed by atoms with van der Waals surface area (Å²) in [6.07, 6.45) is 2.00. The third kappa shape index (κ3) is 3.91. The van der Waals surface area contributed by atoms with E-state index < -0.39 is 5.97 Å². The highest BCUT2D eigenvalue weighted by Crippen LogP contribution is 2.45. The Morgan fingerprint density at radius 2 is 2.03 bits per heavy atom. The molecule has 160 valence electrons. The average Bonchev–Trinajstić information content (AvgIpc) is 3.26. The van der Waals surface area contributed by atoms with E-state index >= 15 is 0 Å². The molecule has 1 heterocycles. The maximum absolute atomic E-state index is 11.0.